The number of hydrogen-bond donors (Lipinski definition) is 1. The highest BCUT2D eigenvalue weighted by molar-refractivity contribution is 9.10. The fourth-order valence-electron chi connectivity index (χ4n) is 2.93. The molecule has 0 unspecified atom stereocenters. The first kappa shape index (κ1) is 20.5. The van der Waals surface area contributed by atoms with Crippen LogP contribution < -0.4 is 10.2 Å². The van der Waals surface area contributed by atoms with Gasteiger partial charge in [0.2, 0.25) is 10.0 Å². The maximum absolute atomic E-state index is 13.0. The van der Waals surface area contributed by atoms with Crippen molar-refractivity contribution in [2.45, 2.75) is 4.90 Å². The van der Waals surface area contributed by atoms with Gasteiger partial charge in [0, 0.05) is 49.0 Å². The molecule has 1 amide bonds. The SMILES string of the molecule is C=CCNC(=O)c1cccc(S(=O)(=O)N2CCN(c3ccc(Br)cn3)CC2)c1. The summed E-state index contributed by atoms with van der Waals surface area (Å²) >= 11 is 3.36. The number of sulfonamides is 1. The van der Waals surface area contributed by atoms with Crippen LogP contribution in [0.15, 0.2) is 64.6 Å². The molecule has 1 fully saturated rings. The Kier molecular flexibility index (Phi) is 6.48. The quantitative estimate of drug-likeness (QED) is 0.662. The summed E-state index contributed by atoms with van der Waals surface area (Å²) in [5.74, 6) is 0.490. The molecule has 0 atom stereocenters. The molecule has 0 spiro atoms. The molecule has 2 heterocycles. The molecule has 1 aliphatic rings. The van der Waals surface area contributed by atoms with Crippen LogP contribution in [-0.2, 0) is 10.0 Å². The van der Waals surface area contributed by atoms with Crippen molar-refractivity contribution in [3.63, 3.8) is 0 Å². The van der Waals surface area contributed by atoms with Crippen LogP contribution in [0.5, 0.6) is 0 Å². The first-order chi connectivity index (χ1) is 13.4. The third kappa shape index (κ3) is 4.60. The van der Waals surface area contributed by atoms with E-state index in [0.29, 0.717) is 38.3 Å². The van der Waals surface area contributed by atoms with E-state index in [-0.39, 0.29) is 10.8 Å². The molecule has 0 radical (unpaired) electrons. The van der Waals surface area contributed by atoms with Crippen LogP contribution >= 0.6 is 15.9 Å². The van der Waals surface area contributed by atoms with Gasteiger partial charge in [-0.3, -0.25) is 4.79 Å². The first-order valence-electron chi connectivity index (χ1n) is 8.77. The van der Waals surface area contributed by atoms with E-state index in [2.05, 4.69) is 37.7 Å². The standard InChI is InChI=1S/C19H21BrN4O3S/c1-2-8-21-19(25)15-4-3-5-17(13-15)28(26,27)24-11-9-23(10-12-24)18-7-6-16(20)14-22-18/h2-7,13-14H,1,8-12H2,(H,21,25). The Morgan fingerprint density at radius 3 is 2.61 bits per heavy atom. The van der Waals surface area contributed by atoms with Gasteiger partial charge in [0.05, 0.1) is 4.90 Å². The average Bonchev–Trinajstić information content (AvgIpc) is 2.72. The first-order valence-corrected chi connectivity index (χ1v) is 11.0. The van der Waals surface area contributed by atoms with Gasteiger partial charge in [-0.2, -0.15) is 4.31 Å². The van der Waals surface area contributed by atoms with Gasteiger partial charge in [-0.1, -0.05) is 12.1 Å². The summed E-state index contributed by atoms with van der Waals surface area (Å²) in [5, 5.41) is 2.65. The van der Waals surface area contributed by atoms with E-state index >= 15 is 0 Å². The van der Waals surface area contributed by atoms with E-state index in [1.54, 1.807) is 24.4 Å². The molecule has 0 saturated carbocycles. The van der Waals surface area contributed by atoms with Gasteiger partial charge in [-0.15, -0.1) is 6.58 Å². The molecule has 9 heteroatoms. The number of carbonyl (C=O) groups excluding carboxylic acids is 1. The van der Waals surface area contributed by atoms with Gasteiger partial charge in [0.1, 0.15) is 5.82 Å². The third-order valence-electron chi connectivity index (χ3n) is 4.42. The zero-order chi connectivity index (χ0) is 20.1. The minimum atomic E-state index is -3.67. The Morgan fingerprint density at radius 1 is 1.21 bits per heavy atom. The van der Waals surface area contributed by atoms with Gasteiger partial charge in [-0.25, -0.2) is 13.4 Å². The number of halogens is 1. The molecule has 1 N–H and O–H groups in total. The van der Waals surface area contributed by atoms with Gasteiger partial charge < -0.3 is 10.2 Å². The summed E-state index contributed by atoms with van der Waals surface area (Å²) in [6, 6.07) is 9.92. The molecular weight excluding hydrogens is 444 g/mol. The molecule has 1 saturated heterocycles. The van der Waals surface area contributed by atoms with Gasteiger partial charge in [0.25, 0.3) is 5.91 Å². The number of amides is 1. The van der Waals surface area contributed by atoms with Crippen LogP contribution in [0.1, 0.15) is 10.4 Å². The smallest absolute Gasteiger partial charge is 0.251 e. The van der Waals surface area contributed by atoms with Crippen LogP contribution in [0.4, 0.5) is 5.82 Å². The van der Waals surface area contributed by atoms with Crippen LogP contribution in [0.2, 0.25) is 0 Å². The van der Waals surface area contributed by atoms with Crippen molar-refractivity contribution in [1.29, 1.82) is 0 Å². The van der Waals surface area contributed by atoms with Crippen molar-refractivity contribution in [3.05, 3.63) is 65.3 Å². The molecule has 3 rings (SSSR count). The number of benzene rings is 1. The summed E-state index contributed by atoms with van der Waals surface area (Å²) in [7, 11) is -3.67. The number of rotatable bonds is 6. The Labute approximate surface area is 173 Å². The molecule has 28 heavy (non-hydrogen) atoms. The van der Waals surface area contributed by atoms with Crippen molar-refractivity contribution in [3.8, 4) is 0 Å². The highest BCUT2D eigenvalue weighted by Gasteiger charge is 2.29. The molecule has 1 aromatic carbocycles. The summed E-state index contributed by atoms with van der Waals surface area (Å²) in [6.07, 6.45) is 3.29. The minimum absolute atomic E-state index is 0.119. The molecule has 0 aliphatic carbocycles. The lowest BCUT2D eigenvalue weighted by Gasteiger charge is -2.34. The fraction of sp³-hybridized carbons (Fsp3) is 0.263. The Balaban J connectivity index is 1.71. The number of anilines is 1. The molecule has 148 valence electrons. The number of carbonyl (C=O) groups is 1. The predicted molar refractivity (Wildman–Crippen MR) is 112 cm³/mol. The average molecular weight is 465 g/mol. The normalized spacial score (nSPS) is 15.2. The van der Waals surface area contributed by atoms with E-state index in [4.69, 9.17) is 0 Å². The Morgan fingerprint density at radius 2 is 1.96 bits per heavy atom. The second-order valence-corrected chi connectivity index (χ2v) is 9.11. The van der Waals surface area contributed by atoms with E-state index in [1.807, 2.05) is 12.1 Å². The van der Waals surface area contributed by atoms with Crippen molar-refractivity contribution < 1.29 is 13.2 Å². The maximum atomic E-state index is 13.0. The number of piperazine rings is 1. The molecule has 2 aromatic rings. The lowest BCUT2D eigenvalue weighted by atomic mass is 10.2. The minimum Gasteiger partial charge on any atom is -0.354 e. The zero-order valence-corrected chi connectivity index (χ0v) is 17.6. The van der Waals surface area contributed by atoms with Gasteiger partial charge in [-0.05, 0) is 46.3 Å². The summed E-state index contributed by atoms with van der Waals surface area (Å²) in [5.41, 5.74) is 0.306. The van der Waals surface area contributed by atoms with Crippen LogP contribution in [-0.4, -0.2) is 56.3 Å². The van der Waals surface area contributed by atoms with Gasteiger partial charge >= 0.3 is 0 Å². The number of pyridine rings is 1. The lowest BCUT2D eigenvalue weighted by molar-refractivity contribution is 0.0958. The van der Waals surface area contributed by atoms with Crippen LogP contribution in [0.3, 0.4) is 0 Å². The van der Waals surface area contributed by atoms with Crippen LogP contribution in [0, 0.1) is 0 Å². The summed E-state index contributed by atoms with van der Waals surface area (Å²) < 4.78 is 28.3. The lowest BCUT2D eigenvalue weighted by Crippen LogP contribution is -2.48. The molecule has 1 aromatic heterocycles. The Hall–Kier alpha value is -2.23. The summed E-state index contributed by atoms with van der Waals surface area (Å²) in [4.78, 5) is 18.6. The van der Waals surface area contributed by atoms with Crippen LogP contribution in [0.25, 0.3) is 0 Å². The molecule has 1 aliphatic heterocycles. The largest absolute Gasteiger partial charge is 0.354 e. The molecule has 7 nitrogen and oxygen atoms in total. The van der Waals surface area contributed by atoms with E-state index < -0.39 is 10.0 Å². The Bertz CT molecular complexity index is 955. The van der Waals surface area contributed by atoms with Crippen molar-refractivity contribution in [2.75, 3.05) is 37.6 Å². The van der Waals surface area contributed by atoms with Crippen molar-refractivity contribution >= 4 is 37.7 Å². The third-order valence-corrected chi connectivity index (χ3v) is 6.78. The topological polar surface area (TPSA) is 82.6 Å². The number of hydrogen-bond acceptors (Lipinski definition) is 5. The predicted octanol–water partition coefficient (Wildman–Crippen LogP) is 2.27. The monoisotopic (exact) mass is 464 g/mol. The number of aromatic nitrogens is 1. The molecule has 0 bridgehead atoms. The maximum Gasteiger partial charge on any atom is 0.251 e. The number of nitrogens with one attached hydrogen (secondary N) is 1. The second-order valence-electron chi connectivity index (χ2n) is 6.25. The number of nitrogens with zero attached hydrogens (tertiary/aromatic N) is 3. The second kappa shape index (κ2) is 8.85. The van der Waals surface area contributed by atoms with Crippen molar-refractivity contribution in [1.82, 2.24) is 14.6 Å². The highest BCUT2D eigenvalue weighted by Crippen LogP contribution is 2.21. The fourth-order valence-corrected chi connectivity index (χ4v) is 4.63. The highest BCUT2D eigenvalue weighted by atomic mass is 79.9. The molecular formula is C19H21BrN4O3S. The zero-order valence-electron chi connectivity index (χ0n) is 15.2. The van der Waals surface area contributed by atoms with Gasteiger partial charge in [0.15, 0.2) is 0 Å². The summed E-state index contributed by atoms with van der Waals surface area (Å²) in [6.45, 7) is 5.68. The van der Waals surface area contributed by atoms with E-state index in [1.165, 1.54) is 16.4 Å². The van der Waals surface area contributed by atoms with E-state index in [0.717, 1.165) is 10.3 Å². The van der Waals surface area contributed by atoms with Crippen molar-refractivity contribution in [2.24, 2.45) is 0 Å². The van der Waals surface area contributed by atoms with E-state index in [9.17, 15) is 13.2 Å².